The third kappa shape index (κ3) is 4.85. The molecule has 0 aliphatic carbocycles. The van der Waals surface area contributed by atoms with Gasteiger partial charge in [0, 0.05) is 28.0 Å². The molecule has 1 N–H and O–H groups in total. The van der Waals surface area contributed by atoms with Gasteiger partial charge in [-0.2, -0.15) is 11.8 Å². The molecule has 0 aromatic heterocycles. The summed E-state index contributed by atoms with van der Waals surface area (Å²) in [6.45, 7) is 9.55. The Balaban J connectivity index is 2.81. The van der Waals surface area contributed by atoms with Crippen LogP contribution < -0.4 is 5.32 Å². The standard InChI is InChI=1S/C16H21NO2S/c1-11(10-20-5)14(18)12-6-8-13(9-7-12)15(19)17-16(2,3)4/h6-9H,1,10H2,2-5H3,(H,17,19). The van der Waals surface area contributed by atoms with E-state index in [-0.39, 0.29) is 17.2 Å². The van der Waals surface area contributed by atoms with Gasteiger partial charge in [-0.25, -0.2) is 0 Å². The average molecular weight is 291 g/mol. The van der Waals surface area contributed by atoms with Gasteiger partial charge < -0.3 is 5.32 Å². The summed E-state index contributed by atoms with van der Waals surface area (Å²) in [6, 6.07) is 6.68. The number of carbonyl (C=O) groups is 2. The fourth-order valence-electron chi connectivity index (χ4n) is 1.63. The largest absolute Gasteiger partial charge is 0.347 e. The minimum absolute atomic E-state index is 0.0675. The first kappa shape index (κ1) is 16.5. The van der Waals surface area contributed by atoms with Gasteiger partial charge in [-0.05, 0) is 39.2 Å². The Kier molecular flexibility index (Phi) is 5.57. The van der Waals surface area contributed by atoms with Crippen LogP contribution in [0.3, 0.4) is 0 Å². The molecule has 1 rings (SSSR count). The number of Topliss-reactive ketones (excluding diaryl/α,β-unsaturated/α-hetero) is 1. The molecule has 0 heterocycles. The minimum Gasteiger partial charge on any atom is -0.347 e. The fourth-order valence-corrected chi connectivity index (χ4v) is 2.11. The van der Waals surface area contributed by atoms with Gasteiger partial charge in [-0.3, -0.25) is 9.59 Å². The van der Waals surface area contributed by atoms with Crippen molar-refractivity contribution in [1.82, 2.24) is 5.32 Å². The van der Waals surface area contributed by atoms with Crippen LogP contribution in [0.4, 0.5) is 0 Å². The van der Waals surface area contributed by atoms with E-state index in [4.69, 9.17) is 0 Å². The predicted molar refractivity (Wildman–Crippen MR) is 85.5 cm³/mol. The molecule has 0 fully saturated rings. The molecule has 0 saturated carbocycles. The molecule has 4 heteroatoms. The topological polar surface area (TPSA) is 46.2 Å². The Morgan fingerprint density at radius 3 is 2.10 bits per heavy atom. The van der Waals surface area contributed by atoms with Crippen LogP contribution in [0.15, 0.2) is 36.4 Å². The van der Waals surface area contributed by atoms with Crippen molar-refractivity contribution in [3.8, 4) is 0 Å². The number of amides is 1. The van der Waals surface area contributed by atoms with Crippen molar-refractivity contribution < 1.29 is 9.59 Å². The highest BCUT2D eigenvalue weighted by atomic mass is 32.2. The van der Waals surface area contributed by atoms with Crippen molar-refractivity contribution >= 4 is 23.5 Å². The molecular formula is C16H21NO2S. The van der Waals surface area contributed by atoms with Gasteiger partial charge in [-0.1, -0.05) is 18.7 Å². The molecule has 0 bridgehead atoms. The molecule has 1 aromatic carbocycles. The molecule has 0 unspecified atom stereocenters. The average Bonchev–Trinajstić information content (AvgIpc) is 2.36. The Hall–Kier alpha value is -1.55. The summed E-state index contributed by atoms with van der Waals surface area (Å²) in [7, 11) is 0. The summed E-state index contributed by atoms with van der Waals surface area (Å²) < 4.78 is 0. The third-order valence-corrected chi connectivity index (χ3v) is 3.17. The fraction of sp³-hybridized carbons (Fsp3) is 0.375. The molecule has 3 nitrogen and oxygen atoms in total. The lowest BCUT2D eigenvalue weighted by Crippen LogP contribution is -2.40. The van der Waals surface area contributed by atoms with E-state index in [1.807, 2.05) is 27.0 Å². The Labute approximate surface area is 124 Å². The molecule has 0 aliphatic rings. The predicted octanol–water partition coefficient (Wildman–Crippen LogP) is 3.32. The van der Waals surface area contributed by atoms with Gasteiger partial charge in [0.25, 0.3) is 5.91 Å². The minimum atomic E-state index is -0.280. The summed E-state index contributed by atoms with van der Waals surface area (Å²) in [6.07, 6.45) is 1.93. The van der Waals surface area contributed by atoms with Gasteiger partial charge in [0.1, 0.15) is 0 Å². The van der Waals surface area contributed by atoms with E-state index in [1.54, 1.807) is 36.0 Å². The first-order chi connectivity index (χ1) is 9.24. The molecule has 20 heavy (non-hydrogen) atoms. The Morgan fingerprint density at radius 1 is 1.15 bits per heavy atom. The van der Waals surface area contributed by atoms with Crippen LogP contribution in [0.5, 0.6) is 0 Å². The monoisotopic (exact) mass is 291 g/mol. The van der Waals surface area contributed by atoms with Crippen LogP contribution in [-0.4, -0.2) is 29.2 Å². The summed E-state index contributed by atoms with van der Waals surface area (Å²) in [5.74, 6) is 0.409. The molecular weight excluding hydrogens is 270 g/mol. The van der Waals surface area contributed by atoms with Crippen LogP contribution >= 0.6 is 11.8 Å². The first-order valence-electron chi connectivity index (χ1n) is 6.38. The zero-order valence-electron chi connectivity index (χ0n) is 12.4. The smallest absolute Gasteiger partial charge is 0.251 e. The molecule has 0 spiro atoms. The van der Waals surface area contributed by atoms with Crippen molar-refractivity contribution in [2.45, 2.75) is 26.3 Å². The lowest BCUT2D eigenvalue weighted by atomic mass is 10.0. The second-order valence-electron chi connectivity index (χ2n) is 5.65. The van der Waals surface area contributed by atoms with E-state index in [0.29, 0.717) is 22.5 Å². The highest BCUT2D eigenvalue weighted by molar-refractivity contribution is 7.98. The molecule has 0 radical (unpaired) electrons. The van der Waals surface area contributed by atoms with E-state index in [1.165, 1.54) is 0 Å². The molecule has 0 aliphatic heterocycles. The number of benzene rings is 1. The van der Waals surface area contributed by atoms with Gasteiger partial charge in [0.05, 0.1) is 0 Å². The Bertz CT molecular complexity index is 512. The second-order valence-corrected chi connectivity index (χ2v) is 6.51. The number of hydrogen-bond acceptors (Lipinski definition) is 3. The normalized spacial score (nSPS) is 11.0. The van der Waals surface area contributed by atoms with E-state index >= 15 is 0 Å². The number of rotatable bonds is 5. The molecule has 0 saturated heterocycles. The Morgan fingerprint density at radius 2 is 1.65 bits per heavy atom. The zero-order chi connectivity index (χ0) is 15.3. The maximum atomic E-state index is 12.0. The van der Waals surface area contributed by atoms with E-state index in [9.17, 15) is 9.59 Å². The first-order valence-corrected chi connectivity index (χ1v) is 7.78. The third-order valence-electron chi connectivity index (χ3n) is 2.54. The maximum Gasteiger partial charge on any atom is 0.251 e. The zero-order valence-corrected chi connectivity index (χ0v) is 13.3. The van der Waals surface area contributed by atoms with E-state index in [0.717, 1.165) is 0 Å². The van der Waals surface area contributed by atoms with Crippen LogP contribution in [0.1, 0.15) is 41.5 Å². The number of ketones is 1. The van der Waals surface area contributed by atoms with Gasteiger partial charge in [-0.15, -0.1) is 0 Å². The van der Waals surface area contributed by atoms with Crippen LogP contribution in [-0.2, 0) is 0 Å². The number of nitrogens with one attached hydrogen (secondary N) is 1. The van der Waals surface area contributed by atoms with Crippen molar-refractivity contribution in [3.63, 3.8) is 0 Å². The van der Waals surface area contributed by atoms with Crippen molar-refractivity contribution in [1.29, 1.82) is 0 Å². The van der Waals surface area contributed by atoms with Gasteiger partial charge in [0.15, 0.2) is 5.78 Å². The number of carbonyl (C=O) groups excluding carboxylic acids is 2. The van der Waals surface area contributed by atoms with Gasteiger partial charge in [0.2, 0.25) is 0 Å². The van der Waals surface area contributed by atoms with E-state index in [2.05, 4.69) is 11.9 Å². The van der Waals surface area contributed by atoms with Crippen LogP contribution in [0.2, 0.25) is 0 Å². The second kappa shape index (κ2) is 6.75. The SMILES string of the molecule is C=C(CSC)C(=O)c1ccc(C(=O)NC(C)(C)C)cc1. The summed E-state index contributed by atoms with van der Waals surface area (Å²) in [5.41, 5.74) is 1.41. The van der Waals surface area contributed by atoms with Crippen LogP contribution in [0, 0.1) is 0 Å². The van der Waals surface area contributed by atoms with Crippen molar-refractivity contribution in [2.24, 2.45) is 0 Å². The molecule has 108 valence electrons. The lowest BCUT2D eigenvalue weighted by Gasteiger charge is -2.20. The molecule has 1 amide bonds. The van der Waals surface area contributed by atoms with Gasteiger partial charge >= 0.3 is 0 Å². The number of thioether (sulfide) groups is 1. The highest BCUT2D eigenvalue weighted by Gasteiger charge is 2.16. The van der Waals surface area contributed by atoms with Crippen molar-refractivity contribution in [2.75, 3.05) is 12.0 Å². The summed E-state index contributed by atoms with van der Waals surface area (Å²) in [4.78, 5) is 24.0. The molecule has 1 aromatic rings. The van der Waals surface area contributed by atoms with Crippen LogP contribution in [0.25, 0.3) is 0 Å². The van der Waals surface area contributed by atoms with Crippen molar-refractivity contribution in [3.05, 3.63) is 47.5 Å². The summed E-state index contributed by atoms with van der Waals surface area (Å²) in [5, 5.41) is 2.88. The lowest BCUT2D eigenvalue weighted by molar-refractivity contribution is 0.0918. The quantitative estimate of drug-likeness (QED) is 0.668. The summed E-state index contributed by atoms with van der Waals surface area (Å²) >= 11 is 1.56. The maximum absolute atomic E-state index is 12.0. The highest BCUT2D eigenvalue weighted by Crippen LogP contribution is 2.13. The molecule has 0 atom stereocenters. The number of hydrogen-bond donors (Lipinski definition) is 1. The van der Waals surface area contributed by atoms with E-state index < -0.39 is 0 Å².